The number of carbonyl (C=O) groups is 2. The molecule has 4 saturated carbocycles. The highest BCUT2D eigenvalue weighted by molar-refractivity contribution is 7.48. The lowest BCUT2D eigenvalue weighted by Crippen LogP contribution is -2.69. The number of hydrogen-bond donors (Lipinski definition) is 0. The highest BCUT2D eigenvalue weighted by atomic mass is 31.2. The van der Waals surface area contributed by atoms with E-state index >= 15 is 0 Å². The van der Waals surface area contributed by atoms with Crippen LogP contribution in [-0.4, -0.2) is 31.4 Å². The molecule has 240 valence electrons. The van der Waals surface area contributed by atoms with E-state index in [1.54, 1.807) is 13.8 Å². The molecule has 5 aliphatic rings. The maximum atomic E-state index is 14.7. The minimum atomic E-state index is -3.69. The van der Waals surface area contributed by atoms with Crippen LogP contribution in [0.4, 0.5) is 0 Å². The molecule has 0 radical (unpaired) electrons. The summed E-state index contributed by atoms with van der Waals surface area (Å²) in [5.41, 5.74) is -1.34. The van der Waals surface area contributed by atoms with E-state index in [0.29, 0.717) is 12.2 Å². The van der Waals surface area contributed by atoms with Crippen molar-refractivity contribution in [2.45, 2.75) is 114 Å². The summed E-state index contributed by atoms with van der Waals surface area (Å²) in [5, 5.41) is 9.97. The Bertz CT molecular complexity index is 1290. The lowest BCUT2D eigenvalue weighted by Gasteiger charge is -2.72. The molecule has 0 N–H and O–H groups in total. The zero-order valence-electron chi connectivity index (χ0n) is 28.0. The van der Waals surface area contributed by atoms with E-state index in [4.69, 9.17) is 13.6 Å². The minimum Gasteiger partial charge on any atom is -0.299 e. The van der Waals surface area contributed by atoms with Gasteiger partial charge in [0.05, 0.1) is 25.4 Å². The maximum absolute atomic E-state index is 14.7. The summed E-state index contributed by atoms with van der Waals surface area (Å²) in [5.74, 6) is 0.388. The molecule has 0 aromatic carbocycles. The number of ketones is 2. The smallest absolute Gasteiger partial charge is 0.299 e. The molecule has 43 heavy (non-hydrogen) atoms. The molecule has 5 aliphatic carbocycles. The average molecular weight is 616 g/mol. The van der Waals surface area contributed by atoms with Crippen LogP contribution in [0.3, 0.4) is 0 Å². The summed E-state index contributed by atoms with van der Waals surface area (Å²) in [7, 11) is -3.69. The Morgan fingerprint density at radius 3 is 2.12 bits per heavy atom. The lowest BCUT2D eigenvalue weighted by molar-refractivity contribution is -0.226. The number of phosphoric acid groups is 1. The van der Waals surface area contributed by atoms with Crippen molar-refractivity contribution in [3.8, 4) is 6.07 Å². The van der Waals surface area contributed by atoms with Crippen molar-refractivity contribution in [1.82, 2.24) is 0 Å². The fourth-order valence-electron chi connectivity index (χ4n) is 11.3. The Morgan fingerprint density at radius 1 is 0.884 bits per heavy atom. The fraction of sp³-hybridized carbons (Fsp3) is 0.857. The molecule has 0 amide bonds. The lowest BCUT2D eigenvalue weighted by atomic mass is 9.31. The van der Waals surface area contributed by atoms with Crippen LogP contribution in [0.5, 0.6) is 0 Å². The number of phosphoric ester groups is 1. The Hall–Kier alpha value is -1.32. The van der Waals surface area contributed by atoms with Crippen LogP contribution in [0.15, 0.2) is 11.6 Å². The molecule has 0 aliphatic heterocycles. The number of nitriles is 1. The predicted octanol–water partition coefficient (Wildman–Crippen LogP) is 8.48. The van der Waals surface area contributed by atoms with Crippen molar-refractivity contribution in [3.63, 3.8) is 0 Å². The van der Waals surface area contributed by atoms with Gasteiger partial charge in [-0.1, -0.05) is 54.5 Å². The van der Waals surface area contributed by atoms with Gasteiger partial charge in [0.15, 0.2) is 5.78 Å². The van der Waals surface area contributed by atoms with E-state index < -0.39 is 18.7 Å². The van der Waals surface area contributed by atoms with E-state index in [1.807, 2.05) is 19.9 Å². The molecule has 7 nitrogen and oxygen atoms in total. The average Bonchev–Trinajstić information content (AvgIpc) is 2.91. The van der Waals surface area contributed by atoms with Crippen LogP contribution in [0.25, 0.3) is 0 Å². The van der Waals surface area contributed by atoms with Gasteiger partial charge in [0.2, 0.25) is 0 Å². The van der Waals surface area contributed by atoms with Gasteiger partial charge in [-0.05, 0) is 104 Å². The first-order valence-electron chi connectivity index (χ1n) is 16.6. The van der Waals surface area contributed by atoms with Gasteiger partial charge in [-0.2, -0.15) is 5.26 Å². The Kier molecular flexibility index (Phi) is 8.16. The van der Waals surface area contributed by atoms with Crippen LogP contribution >= 0.6 is 7.82 Å². The number of carbonyl (C=O) groups excluding carboxylic acids is 2. The van der Waals surface area contributed by atoms with Gasteiger partial charge in [0.1, 0.15) is 11.9 Å². The zero-order chi connectivity index (χ0) is 31.9. The van der Waals surface area contributed by atoms with Gasteiger partial charge < -0.3 is 0 Å². The molecule has 2 unspecified atom stereocenters. The monoisotopic (exact) mass is 615 g/mol. The van der Waals surface area contributed by atoms with Gasteiger partial charge in [-0.15, -0.1) is 0 Å². The predicted molar refractivity (Wildman–Crippen MR) is 166 cm³/mol. The second-order valence-corrected chi connectivity index (χ2v) is 18.3. The van der Waals surface area contributed by atoms with E-state index in [2.05, 4.69) is 40.7 Å². The second-order valence-electron chi connectivity index (χ2n) is 16.6. The number of Topliss-reactive ketones (excluding diaryl/α,β-unsaturated/α-hetero) is 2. The molecular weight excluding hydrogens is 561 g/mol. The summed E-state index contributed by atoms with van der Waals surface area (Å²) in [6, 6.07) is 2.22. The topological polar surface area (TPSA) is 103 Å². The van der Waals surface area contributed by atoms with Gasteiger partial charge in [0.25, 0.3) is 0 Å². The Morgan fingerprint density at radius 2 is 1.51 bits per heavy atom. The number of allylic oxidation sites excluding steroid dienone is 2. The van der Waals surface area contributed by atoms with Crippen molar-refractivity contribution in [2.75, 3.05) is 19.8 Å². The molecule has 5 rings (SSSR count). The third-order valence-corrected chi connectivity index (χ3v) is 15.3. The summed E-state index contributed by atoms with van der Waals surface area (Å²) < 4.78 is 30.6. The first kappa shape index (κ1) is 33.1. The van der Waals surface area contributed by atoms with Crippen LogP contribution < -0.4 is 0 Å². The van der Waals surface area contributed by atoms with Gasteiger partial charge in [0, 0.05) is 17.8 Å². The maximum Gasteiger partial charge on any atom is 0.474 e. The fourth-order valence-corrected chi connectivity index (χ4v) is 12.6. The minimum absolute atomic E-state index is 0.0553. The Balaban J connectivity index is 1.56. The number of hydrogen-bond acceptors (Lipinski definition) is 7. The third-order valence-electron chi connectivity index (χ3n) is 13.7. The van der Waals surface area contributed by atoms with Crippen LogP contribution in [0.2, 0.25) is 0 Å². The van der Waals surface area contributed by atoms with Crippen molar-refractivity contribution in [1.29, 1.82) is 5.26 Å². The molecule has 0 spiro atoms. The van der Waals surface area contributed by atoms with Crippen molar-refractivity contribution < 1.29 is 27.7 Å². The third kappa shape index (κ3) is 4.79. The van der Waals surface area contributed by atoms with Crippen LogP contribution in [0, 0.1) is 67.5 Å². The van der Waals surface area contributed by atoms with E-state index in [0.717, 1.165) is 44.9 Å². The van der Waals surface area contributed by atoms with Crippen molar-refractivity contribution in [3.05, 3.63) is 11.6 Å². The van der Waals surface area contributed by atoms with E-state index in [9.17, 15) is 19.4 Å². The van der Waals surface area contributed by atoms with E-state index in [-0.39, 0.29) is 76.5 Å². The molecule has 0 aromatic heterocycles. The molecule has 0 aromatic rings. The SMILES string of the molecule is CCOP(=O)(OCC)OC[C@]12CCC(C)(C)C[C@@H]1C1C(=O)CC3[C@@]4(C)C=C(C#N)C(=O)C(C)(C)[C@@H]4CC[C@@]3(C)[C@]1(C)CC2. The molecule has 8 heteroatoms. The van der Waals surface area contributed by atoms with Gasteiger partial charge in [-0.25, -0.2) is 4.57 Å². The second kappa shape index (κ2) is 10.6. The van der Waals surface area contributed by atoms with Crippen molar-refractivity contribution >= 4 is 19.4 Å². The standard InChI is InChI=1S/C35H54NO6P/c1-10-40-43(39,41-11-2)42-22-35-16-14-30(3,4)20-24(35)28-25(37)18-27-32(7)19-23(21-36)29(38)31(5,6)26(32)12-13-33(27,8)34(28,9)15-17-35/h19,24,26-28H,10-18,20,22H2,1-9H3/t24-,26+,27?,28?,32+,33-,34-,35-/m1/s1. The molecule has 0 heterocycles. The Labute approximate surface area is 259 Å². The summed E-state index contributed by atoms with van der Waals surface area (Å²) in [6.07, 6.45) is 8.98. The normalized spacial score (nSPS) is 43.4. The number of fused-ring (bicyclic) bond motifs is 7. The molecular formula is C35H54NO6P. The van der Waals surface area contributed by atoms with Gasteiger partial charge >= 0.3 is 7.82 Å². The highest BCUT2D eigenvalue weighted by Crippen LogP contribution is 2.76. The van der Waals surface area contributed by atoms with Crippen LogP contribution in [0.1, 0.15) is 114 Å². The molecule has 4 fully saturated rings. The highest BCUT2D eigenvalue weighted by Gasteiger charge is 2.72. The quantitative estimate of drug-likeness (QED) is 0.265. The molecule has 0 bridgehead atoms. The molecule has 8 atom stereocenters. The zero-order valence-corrected chi connectivity index (χ0v) is 28.9. The first-order chi connectivity index (χ1) is 19.9. The summed E-state index contributed by atoms with van der Waals surface area (Å²) in [6.45, 7) is 20.0. The molecule has 0 saturated heterocycles. The largest absolute Gasteiger partial charge is 0.474 e. The summed E-state index contributed by atoms with van der Waals surface area (Å²) >= 11 is 0. The summed E-state index contributed by atoms with van der Waals surface area (Å²) in [4.78, 5) is 28.1. The number of rotatable bonds is 7. The first-order valence-corrected chi connectivity index (χ1v) is 18.1. The van der Waals surface area contributed by atoms with Gasteiger partial charge in [-0.3, -0.25) is 23.2 Å². The van der Waals surface area contributed by atoms with Crippen LogP contribution in [-0.2, 0) is 27.7 Å². The van der Waals surface area contributed by atoms with E-state index in [1.165, 1.54) is 0 Å². The van der Waals surface area contributed by atoms with Crippen molar-refractivity contribution in [2.24, 2.45) is 56.2 Å². The number of nitrogens with zero attached hydrogens (tertiary/aromatic N) is 1.